The van der Waals surface area contributed by atoms with E-state index in [9.17, 15) is 18.3 Å². The van der Waals surface area contributed by atoms with Gasteiger partial charge in [-0.1, -0.05) is 44.0 Å². The quantitative estimate of drug-likeness (QED) is 0.277. The van der Waals surface area contributed by atoms with Crippen LogP contribution in [0.1, 0.15) is 20.8 Å². The molecule has 2 aromatic heterocycles. The first-order chi connectivity index (χ1) is 19.4. The number of rotatable bonds is 7. The molecule has 12 heteroatoms. The highest BCUT2D eigenvalue weighted by molar-refractivity contribution is 7.93. The first kappa shape index (κ1) is 29.2. The largest absolute Gasteiger partial charge is 0.480 e. The molecule has 3 heterocycles. The first-order valence-corrected chi connectivity index (χ1v) is 15.2. The van der Waals surface area contributed by atoms with Crippen molar-refractivity contribution in [3.05, 3.63) is 77.0 Å². The maximum Gasteiger partial charge on any atom is 0.328 e. The number of carboxylic acid groups (broad SMARTS) is 1. The van der Waals surface area contributed by atoms with Crippen LogP contribution in [-0.2, 0) is 19.6 Å². The Hall–Kier alpha value is -3.31. The lowest BCUT2D eigenvalue weighted by Crippen LogP contribution is -2.52. The van der Waals surface area contributed by atoms with Crippen LogP contribution in [0.25, 0.3) is 16.7 Å². The van der Waals surface area contributed by atoms with Crippen molar-refractivity contribution in [2.75, 3.05) is 35.5 Å². The summed E-state index contributed by atoms with van der Waals surface area (Å²) in [6.45, 7) is 7.96. The van der Waals surface area contributed by atoms with E-state index in [0.29, 0.717) is 24.4 Å². The Kier molecular flexibility index (Phi) is 7.95. The molecule has 0 radical (unpaired) electrons. The van der Waals surface area contributed by atoms with Gasteiger partial charge in [-0.25, -0.2) is 18.2 Å². The second-order valence-corrected chi connectivity index (χ2v) is 13.6. The van der Waals surface area contributed by atoms with E-state index in [1.54, 1.807) is 45.2 Å². The molecule has 2 aromatic carbocycles. The molecule has 9 nitrogen and oxygen atoms in total. The van der Waals surface area contributed by atoms with Crippen LogP contribution in [0.2, 0.25) is 10.0 Å². The average molecular weight is 618 g/mol. The third-order valence-corrected chi connectivity index (χ3v) is 9.17. The Labute approximate surface area is 248 Å². The number of anilines is 2. The Bertz CT molecular complexity index is 1690. The number of hydrogen-bond acceptors (Lipinski definition) is 6. The van der Waals surface area contributed by atoms with E-state index in [-0.39, 0.29) is 20.6 Å². The summed E-state index contributed by atoms with van der Waals surface area (Å²) >= 11 is 12.3. The minimum Gasteiger partial charge on any atom is -0.480 e. The Morgan fingerprint density at radius 3 is 2.34 bits per heavy atom. The van der Waals surface area contributed by atoms with Gasteiger partial charge in [-0.15, -0.1) is 0 Å². The molecule has 1 N–H and O–H groups in total. The van der Waals surface area contributed by atoms with E-state index in [2.05, 4.69) is 9.88 Å². The van der Waals surface area contributed by atoms with Crippen molar-refractivity contribution in [1.29, 1.82) is 0 Å². The maximum atomic E-state index is 14.1. The summed E-state index contributed by atoms with van der Waals surface area (Å²) in [4.78, 5) is 19.2. The topological polar surface area (TPSA) is 105 Å². The zero-order valence-electron chi connectivity index (χ0n) is 22.8. The highest BCUT2D eigenvalue weighted by atomic mass is 35.5. The second kappa shape index (κ2) is 11.2. The highest BCUT2D eigenvalue weighted by Gasteiger charge is 2.43. The van der Waals surface area contributed by atoms with Crippen LogP contribution in [0, 0.1) is 5.41 Å². The molecule has 1 fully saturated rings. The summed E-state index contributed by atoms with van der Waals surface area (Å²) in [6, 6.07) is 13.4. The lowest BCUT2D eigenvalue weighted by Gasteiger charge is -2.37. The second-order valence-electron chi connectivity index (χ2n) is 10.9. The fraction of sp³-hybridized carbons (Fsp3) is 0.310. The predicted octanol–water partition coefficient (Wildman–Crippen LogP) is 5.86. The highest BCUT2D eigenvalue weighted by Crippen LogP contribution is 2.37. The molecule has 0 spiro atoms. The Morgan fingerprint density at radius 1 is 1.02 bits per heavy atom. The van der Waals surface area contributed by atoms with Gasteiger partial charge in [0.2, 0.25) is 0 Å². The van der Waals surface area contributed by atoms with E-state index in [1.807, 2.05) is 29.0 Å². The van der Waals surface area contributed by atoms with E-state index in [4.69, 9.17) is 27.9 Å². The molecule has 0 amide bonds. The zero-order valence-corrected chi connectivity index (χ0v) is 25.1. The summed E-state index contributed by atoms with van der Waals surface area (Å²) < 4.78 is 36.5. The lowest BCUT2D eigenvalue weighted by molar-refractivity contribution is -0.140. The molecule has 216 valence electrons. The molecule has 0 aliphatic carbocycles. The van der Waals surface area contributed by atoms with E-state index >= 15 is 0 Å². The number of morpholine rings is 1. The van der Waals surface area contributed by atoms with Crippen molar-refractivity contribution in [3.8, 4) is 5.82 Å². The van der Waals surface area contributed by atoms with Crippen LogP contribution in [0.4, 0.5) is 11.4 Å². The Morgan fingerprint density at radius 2 is 1.71 bits per heavy atom. The van der Waals surface area contributed by atoms with Gasteiger partial charge in [0.25, 0.3) is 10.0 Å². The SMILES string of the molecule is CC(C)(C)C(C(=O)O)N(c1ccc2c(ccn2-c2cc(N3CCOCC3)ccn2)c1)S(=O)(=O)c1cc(Cl)cc(Cl)c1. The van der Waals surface area contributed by atoms with Crippen molar-refractivity contribution < 1.29 is 23.1 Å². The molecule has 0 bridgehead atoms. The summed E-state index contributed by atoms with van der Waals surface area (Å²) in [5.41, 5.74) is 1.05. The van der Waals surface area contributed by atoms with Crippen molar-refractivity contribution >= 4 is 61.5 Å². The molecule has 5 rings (SSSR count). The van der Waals surface area contributed by atoms with E-state index in [1.165, 1.54) is 18.2 Å². The molecule has 4 aromatic rings. The van der Waals surface area contributed by atoms with Crippen LogP contribution < -0.4 is 9.21 Å². The molecule has 41 heavy (non-hydrogen) atoms. The molecule has 1 aliphatic rings. The number of hydrogen-bond donors (Lipinski definition) is 1. The van der Waals surface area contributed by atoms with Gasteiger partial charge in [0.05, 0.1) is 29.3 Å². The van der Waals surface area contributed by atoms with Crippen molar-refractivity contribution in [2.24, 2.45) is 5.41 Å². The number of carbonyl (C=O) groups is 1. The van der Waals surface area contributed by atoms with Crippen LogP contribution in [-0.4, -0.2) is 61.4 Å². The molecule has 1 aliphatic heterocycles. The summed E-state index contributed by atoms with van der Waals surface area (Å²) in [6.07, 6.45) is 3.61. The smallest absolute Gasteiger partial charge is 0.328 e. The van der Waals surface area contributed by atoms with Gasteiger partial charge in [0.15, 0.2) is 0 Å². The number of aliphatic carboxylic acids is 1. The van der Waals surface area contributed by atoms with Crippen LogP contribution in [0.15, 0.2) is 71.9 Å². The van der Waals surface area contributed by atoms with Crippen LogP contribution >= 0.6 is 23.2 Å². The predicted molar refractivity (Wildman–Crippen MR) is 161 cm³/mol. The number of nitrogens with zero attached hydrogens (tertiary/aromatic N) is 4. The maximum absolute atomic E-state index is 14.1. The number of ether oxygens (including phenoxy) is 1. The molecular weight excluding hydrogens is 587 g/mol. The average Bonchev–Trinajstić information content (AvgIpc) is 3.34. The number of sulfonamides is 1. The normalized spacial score (nSPS) is 15.2. The molecule has 1 saturated heterocycles. The first-order valence-electron chi connectivity index (χ1n) is 13.0. The minimum absolute atomic E-state index is 0.123. The standard InChI is InChI=1S/C29H30Cl2N4O5S/c1-29(2,3)27(28(36)37)35(41(38,39)24-16-20(30)15-21(31)17-24)23-4-5-25-19(14-23)7-9-34(25)26-18-22(6-8-32-26)33-10-12-40-13-11-33/h4-9,14-18,27H,10-13H2,1-3H3,(H,36,37). The molecule has 1 unspecified atom stereocenters. The molecule has 1 atom stereocenters. The summed E-state index contributed by atoms with van der Waals surface area (Å²) in [5, 5.41) is 11.2. The van der Waals surface area contributed by atoms with Gasteiger partial charge in [-0.2, -0.15) is 0 Å². The fourth-order valence-corrected chi connectivity index (χ4v) is 7.57. The van der Waals surface area contributed by atoms with E-state index < -0.39 is 27.4 Å². The van der Waals surface area contributed by atoms with Gasteiger partial charge < -0.3 is 19.3 Å². The molecule has 0 saturated carbocycles. The number of aromatic nitrogens is 2. The monoisotopic (exact) mass is 616 g/mol. The van der Waals surface area contributed by atoms with Crippen LogP contribution in [0.3, 0.4) is 0 Å². The van der Waals surface area contributed by atoms with Crippen molar-refractivity contribution in [2.45, 2.75) is 31.7 Å². The third kappa shape index (κ3) is 5.88. The lowest BCUT2D eigenvalue weighted by atomic mass is 9.86. The minimum atomic E-state index is -4.41. The van der Waals surface area contributed by atoms with Gasteiger partial charge in [-0.3, -0.25) is 4.31 Å². The number of fused-ring (bicyclic) bond motifs is 1. The van der Waals surface area contributed by atoms with Crippen molar-refractivity contribution in [3.63, 3.8) is 0 Å². The van der Waals surface area contributed by atoms with Gasteiger partial charge in [-0.05, 0) is 53.9 Å². The van der Waals surface area contributed by atoms with Gasteiger partial charge in [0, 0.05) is 52.7 Å². The Balaban J connectivity index is 1.62. The van der Waals surface area contributed by atoms with Crippen molar-refractivity contribution in [1.82, 2.24) is 9.55 Å². The number of halogens is 2. The van der Waals surface area contributed by atoms with Gasteiger partial charge in [0.1, 0.15) is 11.9 Å². The number of benzene rings is 2. The molecular formula is C29H30Cl2N4O5S. The zero-order chi connectivity index (χ0) is 29.5. The number of pyridine rings is 1. The third-order valence-electron chi connectivity index (χ3n) is 6.96. The van der Waals surface area contributed by atoms with Gasteiger partial charge >= 0.3 is 5.97 Å². The summed E-state index contributed by atoms with van der Waals surface area (Å²) in [7, 11) is -4.41. The summed E-state index contributed by atoms with van der Waals surface area (Å²) in [5.74, 6) is -0.580. The van der Waals surface area contributed by atoms with Crippen LogP contribution in [0.5, 0.6) is 0 Å². The fourth-order valence-electron chi connectivity index (χ4n) is 5.06. The number of carboxylic acids is 1. The van der Waals surface area contributed by atoms with E-state index in [0.717, 1.165) is 28.6 Å².